The first-order chi connectivity index (χ1) is 9.81. The van der Waals surface area contributed by atoms with Gasteiger partial charge in [0.1, 0.15) is 5.82 Å². The third kappa shape index (κ3) is 4.30. The van der Waals surface area contributed by atoms with Gasteiger partial charge in [-0.2, -0.15) is 0 Å². The first kappa shape index (κ1) is 16.0. The number of aromatic nitrogens is 2. The van der Waals surface area contributed by atoms with Gasteiger partial charge in [0.05, 0.1) is 12.5 Å². The van der Waals surface area contributed by atoms with Gasteiger partial charge in [0, 0.05) is 32.0 Å². The minimum atomic E-state index is -0.0918. The van der Waals surface area contributed by atoms with E-state index in [-0.39, 0.29) is 17.2 Å². The summed E-state index contributed by atoms with van der Waals surface area (Å²) in [5.74, 6) is 1.03. The Morgan fingerprint density at radius 1 is 1.52 bits per heavy atom. The summed E-state index contributed by atoms with van der Waals surface area (Å²) in [5.41, 5.74) is 5.98. The van der Waals surface area contributed by atoms with Gasteiger partial charge in [0.15, 0.2) is 0 Å². The Labute approximate surface area is 127 Å². The minimum absolute atomic E-state index is 0.0918. The van der Waals surface area contributed by atoms with Crippen LogP contribution in [0.4, 0.5) is 0 Å². The molecule has 1 fully saturated rings. The number of amides is 1. The van der Waals surface area contributed by atoms with Gasteiger partial charge in [0.25, 0.3) is 0 Å². The van der Waals surface area contributed by atoms with Crippen molar-refractivity contribution in [1.82, 2.24) is 14.5 Å². The van der Waals surface area contributed by atoms with Crippen LogP contribution in [0.25, 0.3) is 0 Å². The Hall–Kier alpha value is -1.36. The molecular formula is C16H28N4O. The zero-order valence-electron chi connectivity index (χ0n) is 13.7. The first-order valence-electron chi connectivity index (χ1n) is 7.78. The predicted molar refractivity (Wildman–Crippen MR) is 83.4 cm³/mol. The van der Waals surface area contributed by atoms with Crippen LogP contribution in [-0.2, 0) is 18.4 Å². The fourth-order valence-corrected chi connectivity index (χ4v) is 2.72. The number of nitrogens with two attached hydrogens (primary N) is 1. The van der Waals surface area contributed by atoms with E-state index in [2.05, 4.69) is 25.8 Å². The summed E-state index contributed by atoms with van der Waals surface area (Å²) in [4.78, 5) is 19.2. The van der Waals surface area contributed by atoms with E-state index >= 15 is 0 Å². The molecule has 5 nitrogen and oxygen atoms in total. The van der Waals surface area contributed by atoms with Crippen LogP contribution in [0.15, 0.2) is 12.4 Å². The van der Waals surface area contributed by atoms with Crippen molar-refractivity contribution in [1.29, 1.82) is 0 Å². The molecule has 0 bridgehead atoms. The molecular weight excluding hydrogens is 264 g/mol. The van der Waals surface area contributed by atoms with Crippen molar-refractivity contribution >= 4 is 5.91 Å². The third-order valence-electron chi connectivity index (χ3n) is 4.00. The lowest BCUT2D eigenvalue weighted by atomic mass is 9.84. The van der Waals surface area contributed by atoms with E-state index < -0.39 is 0 Å². The van der Waals surface area contributed by atoms with E-state index in [9.17, 15) is 4.79 Å². The van der Waals surface area contributed by atoms with Gasteiger partial charge in [-0.1, -0.05) is 20.8 Å². The molecule has 1 aliphatic rings. The first-order valence-corrected chi connectivity index (χ1v) is 7.78. The summed E-state index contributed by atoms with van der Waals surface area (Å²) in [7, 11) is 1.97. The van der Waals surface area contributed by atoms with E-state index in [1.807, 2.05) is 22.7 Å². The summed E-state index contributed by atoms with van der Waals surface area (Å²) < 4.78 is 1.98. The van der Waals surface area contributed by atoms with Gasteiger partial charge in [-0.3, -0.25) is 4.79 Å². The molecule has 2 rings (SSSR count). The summed E-state index contributed by atoms with van der Waals surface area (Å²) in [6, 6.07) is 0.378. The molecule has 1 aromatic rings. The second-order valence-corrected chi connectivity index (χ2v) is 7.35. The highest BCUT2D eigenvalue weighted by Crippen LogP contribution is 2.32. The largest absolute Gasteiger partial charge is 0.337 e. The SMILES string of the molecule is Cn1ccnc1CN(C(=O)C(CN)CC(C)(C)C)C1CC1. The Bertz CT molecular complexity index is 485. The molecule has 0 spiro atoms. The Kier molecular flexibility index (Phi) is 4.71. The highest BCUT2D eigenvalue weighted by molar-refractivity contribution is 5.79. The van der Waals surface area contributed by atoms with Crippen LogP contribution in [0, 0.1) is 11.3 Å². The second kappa shape index (κ2) is 6.18. The monoisotopic (exact) mass is 292 g/mol. The van der Waals surface area contributed by atoms with Gasteiger partial charge >= 0.3 is 0 Å². The van der Waals surface area contributed by atoms with Crippen LogP contribution in [-0.4, -0.2) is 32.9 Å². The highest BCUT2D eigenvalue weighted by atomic mass is 16.2. The zero-order valence-corrected chi connectivity index (χ0v) is 13.7. The zero-order chi connectivity index (χ0) is 15.6. The maximum absolute atomic E-state index is 12.9. The minimum Gasteiger partial charge on any atom is -0.337 e. The van der Waals surface area contributed by atoms with Gasteiger partial charge in [-0.15, -0.1) is 0 Å². The Morgan fingerprint density at radius 2 is 2.19 bits per heavy atom. The van der Waals surface area contributed by atoms with Crippen molar-refractivity contribution in [3.8, 4) is 0 Å². The Morgan fingerprint density at radius 3 is 2.62 bits per heavy atom. The van der Waals surface area contributed by atoms with Crippen molar-refractivity contribution in [3.63, 3.8) is 0 Å². The van der Waals surface area contributed by atoms with Crippen molar-refractivity contribution in [2.45, 2.75) is 52.6 Å². The smallest absolute Gasteiger partial charge is 0.227 e. The topological polar surface area (TPSA) is 64.2 Å². The molecule has 1 aromatic heterocycles. The second-order valence-electron chi connectivity index (χ2n) is 7.35. The van der Waals surface area contributed by atoms with Gasteiger partial charge in [-0.05, 0) is 24.7 Å². The lowest BCUT2D eigenvalue weighted by Gasteiger charge is -2.30. The molecule has 1 amide bonds. The number of rotatable bonds is 6. The van der Waals surface area contributed by atoms with Crippen LogP contribution in [0.2, 0.25) is 0 Å². The number of carbonyl (C=O) groups is 1. The molecule has 0 radical (unpaired) electrons. The van der Waals surface area contributed by atoms with Gasteiger partial charge in [-0.25, -0.2) is 4.98 Å². The molecule has 1 atom stereocenters. The quantitative estimate of drug-likeness (QED) is 0.871. The fourth-order valence-electron chi connectivity index (χ4n) is 2.72. The molecule has 1 aliphatic carbocycles. The van der Waals surface area contributed by atoms with Crippen molar-refractivity contribution in [2.24, 2.45) is 24.1 Å². The number of aryl methyl sites for hydroxylation is 1. The maximum Gasteiger partial charge on any atom is 0.227 e. The molecule has 5 heteroatoms. The molecule has 118 valence electrons. The summed E-state index contributed by atoms with van der Waals surface area (Å²) >= 11 is 0. The summed E-state index contributed by atoms with van der Waals surface area (Å²) in [5, 5.41) is 0. The molecule has 0 aliphatic heterocycles. The normalized spacial score (nSPS) is 16.8. The van der Waals surface area contributed by atoms with E-state index in [0.29, 0.717) is 19.1 Å². The van der Waals surface area contributed by atoms with Gasteiger partial charge in [0.2, 0.25) is 5.91 Å². The van der Waals surface area contributed by atoms with E-state index in [1.165, 1.54) is 0 Å². The van der Waals surface area contributed by atoms with Crippen LogP contribution < -0.4 is 5.73 Å². The van der Waals surface area contributed by atoms with Crippen molar-refractivity contribution < 1.29 is 4.79 Å². The lowest BCUT2D eigenvalue weighted by Crippen LogP contribution is -2.42. The van der Waals surface area contributed by atoms with Crippen molar-refractivity contribution in [3.05, 3.63) is 18.2 Å². The Balaban J connectivity index is 2.10. The van der Waals surface area contributed by atoms with Gasteiger partial charge < -0.3 is 15.2 Å². The molecule has 2 N–H and O–H groups in total. The number of hydrogen-bond acceptors (Lipinski definition) is 3. The van der Waals surface area contributed by atoms with Crippen LogP contribution >= 0.6 is 0 Å². The van der Waals surface area contributed by atoms with Crippen molar-refractivity contribution in [2.75, 3.05) is 6.54 Å². The highest BCUT2D eigenvalue weighted by Gasteiger charge is 2.37. The van der Waals surface area contributed by atoms with E-state index in [0.717, 1.165) is 25.1 Å². The van der Waals surface area contributed by atoms with Crippen LogP contribution in [0.5, 0.6) is 0 Å². The summed E-state index contributed by atoms with van der Waals surface area (Å²) in [6.07, 6.45) is 6.72. The molecule has 1 heterocycles. The average molecular weight is 292 g/mol. The lowest BCUT2D eigenvalue weighted by molar-refractivity contribution is -0.137. The number of hydrogen-bond donors (Lipinski definition) is 1. The molecule has 1 unspecified atom stereocenters. The average Bonchev–Trinajstić information content (AvgIpc) is 3.15. The molecule has 0 saturated heterocycles. The molecule has 1 saturated carbocycles. The third-order valence-corrected chi connectivity index (χ3v) is 4.00. The maximum atomic E-state index is 12.9. The molecule has 0 aromatic carbocycles. The predicted octanol–water partition coefficient (Wildman–Crippen LogP) is 1.92. The van der Waals surface area contributed by atoms with Crippen LogP contribution in [0.1, 0.15) is 45.9 Å². The van der Waals surface area contributed by atoms with Crippen LogP contribution in [0.3, 0.4) is 0 Å². The fraction of sp³-hybridized carbons (Fsp3) is 0.750. The standard InChI is InChI=1S/C16H28N4O/c1-16(2,3)9-12(10-17)15(21)20(13-5-6-13)11-14-18-7-8-19(14)4/h7-8,12-13H,5-6,9-11,17H2,1-4H3. The number of carbonyl (C=O) groups excluding carboxylic acids is 1. The number of nitrogens with zero attached hydrogens (tertiary/aromatic N) is 3. The molecule has 21 heavy (non-hydrogen) atoms. The number of imidazole rings is 1. The van der Waals surface area contributed by atoms with E-state index in [1.54, 1.807) is 6.20 Å². The summed E-state index contributed by atoms with van der Waals surface area (Å²) in [6.45, 7) is 7.48. The van der Waals surface area contributed by atoms with E-state index in [4.69, 9.17) is 5.73 Å².